The molecule has 3 heteroatoms. The van der Waals surface area contributed by atoms with Gasteiger partial charge in [-0.25, -0.2) is 0 Å². The molecule has 0 amide bonds. The number of halogens is 1. The predicted octanol–water partition coefficient (Wildman–Crippen LogP) is 5.34. The highest BCUT2D eigenvalue weighted by molar-refractivity contribution is 7.98. The van der Waals surface area contributed by atoms with Crippen LogP contribution >= 0.6 is 23.4 Å². The minimum absolute atomic E-state index is 0.443. The standard InChI is InChI=1S/C19H20ClNS/c1-22-14-9-7-13(8-10-14)16-12-21-11-3-6-18(21)19-15(16)4-2-5-17(19)20/h2,4-5,7-10,16,18H,3,6,11-12H2,1H3/t16-,18-/m0/s1. The third-order valence-electron chi connectivity index (χ3n) is 5.09. The highest BCUT2D eigenvalue weighted by atomic mass is 35.5. The quantitative estimate of drug-likeness (QED) is 0.684. The van der Waals surface area contributed by atoms with E-state index >= 15 is 0 Å². The average molecular weight is 330 g/mol. The number of hydrogen-bond donors (Lipinski definition) is 0. The summed E-state index contributed by atoms with van der Waals surface area (Å²) >= 11 is 8.38. The summed E-state index contributed by atoms with van der Waals surface area (Å²) in [5.41, 5.74) is 4.23. The van der Waals surface area contributed by atoms with Crippen LogP contribution in [0.15, 0.2) is 47.4 Å². The lowest BCUT2D eigenvalue weighted by Gasteiger charge is -2.38. The molecule has 1 nitrogen and oxygen atoms in total. The molecule has 2 aliphatic heterocycles. The molecule has 22 heavy (non-hydrogen) atoms. The lowest BCUT2D eigenvalue weighted by atomic mass is 9.81. The molecule has 4 rings (SSSR count). The Morgan fingerprint density at radius 1 is 1.14 bits per heavy atom. The minimum atomic E-state index is 0.443. The topological polar surface area (TPSA) is 3.24 Å². The first kappa shape index (κ1) is 14.6. The fourth-order valence-corrected chi connectivity index (χ4v) is 4.75. The summed E-state index contributed by atoms with van der Waals surface area (Å²) in [5, 5.41) is 0.944. The van der Waals surface area contributed by atoms with Gasteiger partial charge in [-0.05, 0) is 60.5 Å². The Morgan fingerprint density at radius 2 is 1.95 bits per heavy atom. The molecule has 0 radical (unpaired) electrons. The fourth-order valence-electron chi connectivity index (χ4n) is 4.03. The maximum absolute atomic E-state index is 6.58. The van der Waals surface area contributed by atoms with E-state index in [4.69, 9.17) is 11.6 Å². The van der Waals surface area contributed by atoms with Gasteiger partial charge in [0, 0.05) is 28.4 Å². The highest BCUT2D eigenvalue weighted by Gasteiger charge is 2.37. The summed E-state index contributed by atoms with van der Waals surface area (Å²) in [5.74, 6) is 0.443. The molecule has 1 fully saturated rings. The maximum atomic E-state index is 6.58. The monoisotopic (exact) mass is 329 g/mol. The van der Waals surface area contributed by atoms with Crippen molar-refractivity contribution in [3.05, 3.63) is 64.2 Å². The first-order valence-corrected chi connectivity index (χ1v) is 9.54. The Kier molecular flexibility index (Phi) is 3.93. The number of benzene rings is 2. The van der Waals surface area contributed by atoms with E-state index in [1.165, 1.54) is 41.0 Å². The molecule has 2 aromatic carbocycles. The van der Waals surface area contributed by atoms with Gasteiger partial charge in [0.05, 0.1) is 0 Å². The van der Waals surface area contributed by atoms with E-state index in [1.807, 2.05) is 0 Å². The van der Waals surface area contributed by atoms with E-state index in [0.717, 1.165) is 11.6 Å². The Bertz CT molecular complexity index is 682. The molecule has 0 saturated carbocycles. The van der Waals surface area contributed by atoms with Gasteiger partial charge in [-0.2, -0.15) is 0 Å². The van der Waals surface area contributed by atoms with Gasteiger partial charge in [-0.15, -0.1) is 11.8 Å². The normalized spacial score (nSPS) is 24.1. The van der Waals surface area contributed by atoms with Gasteiger partial charge in [-0.1, -0.05) is 35.9 Å². The molecule has 2 aliphatic rings. The van der Waals surface area contributed by atoms with Crippen molar-refractivity contribution >= 4 is 23.4 Å². The molecule has 0 spiro atoms. The van der Waals surface area contributed by atoms with E-state index < -0.39 is 0 Å². The van der Waals surface area contributed by atoms with Crippen molar-refractivity contribution in [2.24, 2.45) is 0 Å². The molecule has 0 aliphatic carbocycles. The summed E-state index contributed by atoms with van der Waals surface area (Å²) in [7, 11) is 0. The van der Waals surface area contributed by atoms with Crippen LogP contribution in [0.4, 0.5) is 0 Å². The Hall–Kier alpha value is -0.960. The molecule has 2 atom stereocenters. The summed E-state index contributed by atoms with van der Waals surface area (Å²) in [6.45, 7) is 2.32. The number of thioether (sulfide) groups is 1. The SMILES string of the molecule is CSc1ccc([C@@H]2CN3CCC[C@H]3c3c(Cl)cccc32)cc1. The third-order valence-corrected chi connectivity index (χ3v) is 6.17. The Morgan fingerprint density at radius 3 is 2.73 bits per heavy atom. The van der Waals surface area contributed by atoms with Crippen LogP contribution in [0, 0.1) is 0 Å². The molecule has 0 bridgehead atoms. The van der Waals surface area contributed by atoms with Crippen LogP contribution in [-0.4, -0.2) is 24.2 Å². The van der Waals surface area contributed by atoms with E-state index in [9.17, 15) is 0 Å². The lowest BCUT2D eigenvalue weighted by Crippen LogP contribution is -2.34. The smallest absolute Gasteiger partial charge is 0.0456 e. The number of fused-ring (bicyclic) bond motifs is 3. The van der Waals surface area contributed by atoms with Crippen LogP contribution in [0.5, 0.6) is 0 Å². The van der Waals surface area contributed by atoms with Crippen molar-refractivity contribution in [2.45, 2.75) is 29.7 Å². The zero-order chi connectivity index (χ0) is 15.1. The average Bonchev–Trinajstić information content (AvgIpc) is 3.02. The predicted molar refractivity (Wildman–Crippen MR) is 95.1 cm³/mol. The Labute approximate surface area is 141 Å². The van der Waals surface area contributed by atoms with Crippen LogP contribution in [0.1, 0.15) is 41.5 Å². The molecule has 0 N–H and O–H groups in total. The molecule has 0 unspecified atom stereocenters. The molecular weight excluding hydrogens is 310 g/mol. The molecule has 1 saturated heterocycles. The summed E-state index contributed by atoms with van der Waals surface area (Å²) < 4.78 is 0. The number of rotatable bonds is 2. The first-order chi connectivity index (χ1) is 10.8. The van der Waals surface area contributed by atoms with Gasteiger partial charge in [0.2, 0.25) is 0 Å². The minimum Gasteiger partial charge on any atom is -0.295 e. The summed E-state index contributed by atoms with van der Waals surface area (Å²) in [4.78, 5) is 3.95. The molecule has 2 heterocycles. The first-order valence-electron chi connectivity index (χ1n) is 7.94. The van der Waals surface area contributed by atoms with Crippen LogP contribution < -0.4 is 0 Å². The van der Waals surface area contributed by atoms with Crippen LogP contribution in [0.3, 0.4) is 0 Å². The summed E-state index contributed by atoms with van der Waals surface area (Å²) in [6, 6.07) is 16.0. The molecule has 2 aromatic rings. The van der Waals surface area contributed by atoms with Crippen LogP contribution in [-0.2, 0) is 0 Å². The molecular formula is C19H20ClNS. The fraction of sp³-hybridized carbons (Fsp3) is 0.368. The van der Waals surface area contributed by atoms with E-state index in [0.29, 0.717) is 12.0 Å². The summed E-state index contributed by atoms with van der Waals surface area (Å²) in [6.07, 6.45) is 4.65. The second-order valence-corrected chi connectivity index (χ2v) is 7.51. The molecule has 114 valence electrons. The zero-order valence-electron chi connectivity index (χ0n) is 12.8. The largest absolute Gasteiger partial charge is 0.295 e. The van der Waals surface area contributed by atoms with Crippen molar-refractivity contribution in [1.82, 2.24) is 4.90 Å². The van der Waals surface area contributed by atoms with E-state index in [2.05, 4.69) is 53.6 Å². The van der Waals surface area contributed by atoms with Crippen molar-refractivity contribution in [3.8, 4) is 0 Å². The van der Waals surface area contributed by atoms with Crippen LogP contribution in [0.2, 0.25) is 5.02 Å². The maximum Gasteiger partial charge on any atom is 0.0456 e. The van der Waals surface area contributed by atoms with Gasteiger partial charge in [0.15, 0.2) is 0 Å². The second kappa shape index (κ2) is 5.92. The van der Waals surface area contributed by atoms with Gasteiger partial charge < -0.3 is 0 Å². The van der Waals surface area contributed by atoms with Gasteiger partial charge in [0.1, 0.15) is 0 Å². The molecule has 0 aromatic heterocycles. The van der Waals surface area contributed by atoms with Crippen molar-refractivity contribution < 1.29 is 0 Å². The van der Waals surface area contributed by atoms with E-state index in [1.54, 1.807) is 11.8 Å². The van der Waals surface area contributed by atoms with Crippen molar-refractivity contribution in [2.75, 3.05) is 19.3 Å². The highest BCUT2D eigenvalue weighted by Crippen LogP contribution is 2.46. The van der Waals surface area contributed by atoms with Gasteiger partial charge in [0.25, 0.3) is 0 Å². The van der Waals surface area contributed by atoms with Crippen LogP contribution in [0.25, 0.3) is 0 Å². The van der Waals surface area contributed by atoms with E-state index in [-0.39, 0.29) is 0 Å². The number of hydrogen-bond acceptors (Lipinski definition) is 2. The second-order valence-electron chi connectivity index (χ2n) is 6.22. The Balaban J connectivity index is 1.80. The van der Waals surface area contributed by atoms with Crippen molar-refractivity contribution in [1.29, 1.82) is 0 Å². The zero-order valence-corrected chi connectivity index (χ0v) is 14.3. The van der Waals surface area contributed by atoms with Crippen molar-refractivity contribution in [3.63, 3.8) is 0 Å². The third kappa shape index (κ3) is 2.38. The lowest BCUT2D eigenvalue weighted by molar-refractivity contribution is 0.230. The number of nitrogens with zero attached hydrogens (tertiary/aromatic N) is 1. The van der Waals surface area contributed by atoms with Gasteiger partial charge >= 0.3 is 0 Å². The van der Waals surface area contributed by atoms with Gasteiger partial charge in [-0.3, -0.25) is 4.90 Å².